The van der Waals surface area contributed by atoms with Crippen LogP contribution in [0, 0.1) is 5.92 Å². The van der Waals surface area contributed by atoms with Crippen LogP contribution in [0.25, 0.3) is 0 Å². The molecule has 1 unspecified atom stereocenters. The van der Waals surface area contributed by atoms with E-state index < -0.39 is 5.97 Å². The molecule has 0 aromatic carbocycles. The first-order chi connectivity index (χ1) is 10.1. The molecule has 0 aliphatic rings. The summed E-state index contributed by atoms with van der Waals surface area (Å²) in [6.45, 7) is 4.76. The molecule has 1 heterocycles. The van der Waals surface area contributed by atoms with Gasteiger partial charge in [0.25, 0.3) is 5.91 Å². The molecule has 0 radical (unpaired) electrons. The second-order valence-electron chi connectivity index (χ2n) is 5.26. The number of hydrogen-bond acceptors (Lipinski definition) is 3. The predicted octanol–water partition coefficient (Wildman–Crippen LogP) is 3.71. The molecule has 1 atom stereocenters. The average molecular weight is 311 g/mol. The van der Waals surface area contributed by atoms with E-state index in [4.69, 9.17) is 5.11 Å². The number of aliphatic carboxylic acids is 1. The number of carboxylic acid groups (broad SMARTS) is 1. The van der Waals surface area contributed by atoms with Gasteiger partial charge in [-0.1, -0.05) is 26.7 Å². The average Bonchev–Trinajstić information content (AvgIpc) is 2.93. The number of carboxylic acids is 1. The van der Waals surface area contributed by atoms with Crippen LogP contribution in [-0.4, -0.2) is 23.5 Å². The first kappa shape index (κ1) is 17.7. The number of carbonyl (C=O) groups excluding carboxylic acids is 1. The Morgan fingerprint density at radius 3 is 2.67 bits per heavy atom. The molecule has 0 saturated heterocycles. The van der Waals surface area contributed by atoms with Gasteiger partial charge in [0.05, 0.1) is 4.88 Å². The normalized spacial score (nSPS) is 12.1. The lowest BCUT2D eigenvalue weighted by Gasteiger charge is -2.15. The van der Waals surface area contributed by atoms with Crippen molar-refractivity contribution in [2.75, 3.05) is 6.54 Å². The van der Waals surface area contributed by atoms with E-state index >= 15 is 0 Å². The summed E-state index contributed by atoms with van der Waals surface area (Å²) in [5, 5.41) is 13.7. The smallest absolute Gasteiger partial charge is 0.303 e. The molecule has 1 aromatic rings. The number of thiophene rings is 1. The zero-order chi connectivity index (χ0) is 15.7. The number of nitrogens with one attached hydrogen (secondary N) is 1. The molecule has 21 heavy (non-hydrogen) atoms. The van der Waals surface area contributed by atoms with Crippen molar-refractivity contribution in [1.82, 2.24) is 5.32 Å². The molecule has 0 fully saturated rings. The van der Waals surface area contributed by atoms with E-state index in [2.05, 4.69) is 12.2 Å². The number of aryl methyl sites for hydroxylation is 1. The lowest BCUT2D eigenvalue weighted by molar-refractivity contribution is -0.137. The Balaban J connectivity index is 2.39. The highest BCUT2D eigenvalue weighted by atomic mass is 32.1. The molecule has 0 saturated carbocycles. The van der Waals surface area contributed by atoms with Crippen LogP contribution >= 0.6 is 11.3 Å². The van der Waals surface area contributed by atoms with Crippen LogP contribution < -0.4 is 5.32 Å². The summed E-state index contributed by atoms with van der Waals surface area (Å²) < 4.78 is 0. The van der Waals surface area contributed by atoms with Crippen LogP contribution in [0.5, 0.6) is 0 Å². The van der Waals surface area contributed by atoms with E-state index in [-0.39, 0.29) is 12.3 Å². The van der Waals surface area contributed by atoms with E-state index in [1.54, 1.807) is 0 Å². The van der Waals surface area contributed by atoms with E-state index in [9.17, 15) is 9.59 Å². The molecule has 5 heteroatoms. The van der Waals surface area contributed by atoms with Crippen LogP contribution in [0.1, 0.15) is 61.2 Å². The number of rotatable bonds is 10. The van der Waals surface area contributed by atoms with Gasteiger partial charge in [-0.25, -0.2) is 0 Å². The van der Waals surface area contributed by atoms with Crippen LogP contribution in [-0.2, 0) is 11.2 Å². The minimum absolute atomic E-state index is 0.00432. The van der Waals surface area contributed by atoms with Gasteiger partial charge in [-0.05, 0) is 42.2 Å². The topological polar surface area (TPSA) is 66.4 Å². The zero-order valence-corrected chi connectivity index (χ0v) is 13.7. The van der Waals surface area contributed by atoms with E-state index in [1.165, 1.54) is 11.3 Å². The minimum atomic E-state index is -0.744. The fraction of sp³-hybridized carbons (Fsp3) is 0.625. The maximum Gasteiger partial charge on any atom is 0.303 e. The fourth-order valence-corrected chi connectivity index (χ4v) is 3.36. The predicted molar refractivity (Wildman–Crippen MR) is 85.9 cm³/mol. The second kappa shape index (κ2) is 9.55. The highest BCUT2D eigenvalue weighted by molar-refractivity contribution is 7.12. The molecule has 118 valence electrons. The summed E-state index contributed by atoms with van der Waals surface area (Å²) in [6, 6.07) is 1.99. The van der Waals surface area contributed by atoms with Crippen LogP contribution in [0.4, 0.5) is 0 Å². The Bertz CT molecular complexity index is 456. The maximum atomic E-state index is 12.1. The largest absolute Gasteiger partial charge is 0.481 e. The summed E-state index contributed by atoms with van der Waals surface area (Å²) in [5.41, 5.74) is 1.09. The van der Waals surface area contributed by atoms with Gasteiger partial charge in [-0.3, -0.25) is 9.59 Å². The number of amides is 1. The lowest BCUT2D eigenvalue weighted by Crippen LogP contribution is -2.26. The molecule has 1 amide bonds. The van der Waals surface area contributed by atoms with Crippen molar-refractivity contribution in [3.63, 3.8) is 0 Å². The van der Waals surface area contributed by atoms with Gasteiger partial charge >= 0.3 is 5.97 Å². The third kappa shape index (κ3) is 6.29. The lowest BCUT2D eigenvalue weighted by atomic mass is 9.94. The monoisotopic (exact) mass is 311 g/mol. The number of hydrogen-bond donors (Lipinski definition) is 2. The highest BCUT2D eigenvalue weighted by Gasteiger charge is 2.14. The molecule has 0 spiro atoms. The Kier molecular flexibility index (Phi) is 8.05. The molecule has 0 aliphatic heterocycles. The quantitative estimate of drug-likeness (QED) is 0.692. The minimum Gasteiger partial charge on any atom is -0.481 e. The van der Waals surface area contributed by atoms with E-state index in [0.717, 1.165) is 36.1 Å². The Morgan fingerprint density at radius 1 is 1.29 bits per heavy atom. The second-order valence-corrected chi connectivity index (χ2v) is 6.18. The number of carbonyl (C=O) groups is 2. The van der Waals surface area contributed by atoms with E-state index in [1.807, 2.05) is 18.4 Å². The molecule has 2 N–H and O–H groups in total. The SMILES string of the molecule is CCCC(CCNC(=O)c1sccc1CC)CCC(=O)O. The third-order valence-electron chi connectivity index (χ3n) is 3.64. The Morgan fingerprint density at radius 2 is 2.05 bits per heavy atom. The van der Waals surface area contributed by atoms with Crippen molar-refractivity contribution in [1.29, 1.82) is 0 Å². The van der Waals surface area contributed by atoms with Crippen molar-refractivity contribution < 1.29 is 14.7 Å². The zero-order valence-electron chi connectivity index (χ0n) is 12.9. The maximum absolute atomic E-state index is 12.1. The van der Waals surface area contributed by atoms with Gasteiger partial charge in [0.15, 0.2) is 0 Å². The molecule has 4 nitrogen and oxygen atoms in total. The summed E-state index contributed by atoms with van der Waals surface area (Å²) >= 11 is 1.48. The third-order valence-corrected chi connectivity index (χ3v) is 4.59. The van der Waals surface area contributed by atoms with Gasteiger partial charge in [-0.2, -0.15) is 0 Å². The first-order valence-corrected chi connectivity index (χ1v) is 8.52. The molecule has 0 aliphatic carbocycles. The van der Waals surface area contributed by atoms with Crippen LogP contribution in [0.15, 0.2) is 11.4 Å². The van der Waals surface area contributed by atoms with Crippen molar-refractivity contribution in [3.05, 3.63) is 21.9 Å². The molecular weight excluding hydrogens is 286 g/mol. The van der Waals surface area contributed by atoms with Crippen molar-refractivity contribution >= 4 is 23.2 Å². The molecule has 1 rings (SSSR count). The molecule has 1 aromatic heterocycles. The summed E-state index contributed by atoms with van der Waals surface area (Å²) in [5.74, 6) is -0.373. The summed E-state index contributed by atoms with van der Waals surface area (Å²) in [4.78, 5) is 23.5. The van der Waals surface area contributed by atoms with Gasteiger partial charge < -0.3 is 10.4 Å². The molecular formula is C16H25NO3S. The summed E-state index contributed by atoms with van der Waals surface area (Å²) in [6.07, 6.45) is 4.68. The standard InChI is InChI=1S/C16H25NO3S/c1-3-5-12(6-7-14(18)19)8-10-17-16(20)15-13(4-2)9-11-21-15/h9,11-12H,3-8,10H2,1-2H3,(H,17,20)(H,18,19). The van der Waals surface area contributed by atoms with Gasteiger partial charge in [-0.15, -0.1) is 11.3 Å². The van der Waals surface area contributed by atoms with Crippen molar-refractivity contribution in [3.8, 4) is 0 Å². The Labute approximate surface area is 130 Å². The van der Waals surface area contributed by atoms with Gasteiger partial charge in [0.2, 0.25) is 0 Å². The summed E-state index contributed by atoms with van der Waals surface area (Å²) in [7, 11) is 0. The highest BCUT2D eigenvalue weighted by Crippen LogP contribution is 2.19. The Hall–Kier alpha value is -1.36. The van der Waals surface area contributed by atoms with Crippen LogP contribution in [0.2, 0.25) is 0 Å². The van der Waals surface area contributed by atoms with E-state index in [0.29, 0.717) is 18.9 Å². The van der Waals surface area contributed by atoms with Crippen molar-refractivity contribution in [2.45, 2.75) is 52.4 Å². The van der Waals surface area contributed by atoms with Crippen LogP contribution in [0.3, 0.4) is 0 Å². The fourth-order valence-electron chi connectivity index (χ4n) is 2.45. The molecule has 0 bridgehead atoms. The van der Waals surface area contributed by atoms with Crippen molar-refractivity contribution in [2.24, 2.45) is 5.92 Å². The van der Waals surface area contributed by atoms with Gasteiger partial charge in [0.1, 0.15) is 0 Å². The van der Waals surface area contributed by atoms with Gasteiger partial charge in [0, 0.05) is 13.0 Å². The first-order valence-electron chi connectivity index (χ1n) is 7.64.